The molecule has 0 radical (unpaired) electrons. The molecule has 0 saturated heterocycles. The van der Waals surface area contributed by atoms with Crippen molar-refractivity contribution in [3.8, 4) is 0 Å². The molecule has 0 aliphatic rings. The maximum atomic E-state index is 10.0. The van der Waals surface area contributed by atoms with Gasteiger partial charge in [-0.25, -0.2) is 8.42 Å². The average molecular weight is 186 g/mol. The summed E-state index contributed by atoms with van der Waals surface area (Å²) in [7, 11) is -4.13. The van der Waals surface area contributed by atoms with E-state index in [1.807, 2.05) is 13.8 Å². The zero-order chi connectivity index (χ0) is 8.91. The number of allylic oxidation sites excluding steroid dienone is 1. The Morgan fingerprint density at radius 2 is 2.00 bits per heavy atom. The van der Waals surface area contributed by atoms with Gasteiger partial charge in [-0.3, -0.25) is 0 Å². The smallest absolute Gasteiger partial charge is 0.748 e. The second-order valence-corrected chi connectivity index (χ2v) is 3.85. The van der Waals surface area contributed by atoms with Gasteiger partial charge in [-0.15, -0.1) is 0 Å². The first kappa shape index (κ1) is 14.6. The van der Waals surface area contributed by atoms with Crippen LogP contribution in [0, 0.1) is 0 Å². The van der Waals surface area contributed by atoms with Gasteiger partial charge < -0.3 is 9.29 Å². The predicted molar refractivity (Wildman–Crippen MR) is 39.9 cm³/mol. The molecule has 66 valence electrons. The van der Waals surface area contributed by atoms with Crippen LogP contribution in [-0.2, 0) is 14.9 Å². The first-order valence-corrected chi connectivity index (χ1v) is 4.68. The molecule has 0 saturated carbocycles. The predicted octanol–water partition coefficient (Wildman–Crippen LogP) is -2.52. The third-order valence-electron chi connectivity index (χ3n) is 0.770. The molecule has 0 rings (SSSR count). The number of ether oxygens (including phenoxy) is 1. The van der Waals surface area contributed by atoms with Gasteiger partial charge in [0.25, 0.3) is 0 Å². The quantitative estimate of drug-likeness (QED) is 0.210. The van der Waals surface area contributed by atoms with Crippen molar-refractivity contribution in [3.05, 3.63) is 11.8 Å². The van der Waals surface area contributed by atoms with Crippen molar-refractivity contribution in [2.45, 2.75) is 13.8 Å². The summed E-state index contributed by atoms with van der Waals surface area (Å²) in [6, 6.07) is 0. The largest absolute Gasteiger partial charge is 1.00 e. The molecule has 0 bridgehead atoms. The second kappa shape index (κ2) is 6.55. The van der Waals surface area contributed by atoms with Crippen LogP contribution in [0.4, 0.5) is 0 Å². The van der Waals surface area contributed by atoms with E-state index in [0.29, 0.717) is 0 Å². The van der Waals surface area contributed by atoms with Gasteiger partial charge in [-0.05, 0) is 19.4 Å². The molecule has 0 aromatic heterocycles. The van der Waals surface area contributed by atoms with Gasteiger partial charge in [-0.1, -0.05) is 0 Å². The Morgan fingerprint density at radius 1 is 1.50 bits per heavy atom. The molecular weight excluding hydrogens is 175 g/mol. The van der Waals surface area contributed by atoms with Crippen LogP contribution in [0.5, 0.6) is 0 Å². The minimum absolute atomic E-state index is 0. The van der Waals surface area contributed by atoms with Crippen molar-refractivity contribution in [2.24, 2.45) is 0 Å². The average Bonchev–Trinajstić information content (AvgIpc) is 1.78. The molecule has 0 aromatic carbocycles. The van der Waals surface area contributed by atoms with E-state index in [9.17, 15) is 13.0 Å². The van der Waals surface area contributed by atoms with Gasteiger partial charge in [-0.2, -0.15) is 0 Å². The summed E-state index contributed by atoms with van der Waals surface area (Å²) in [6.45, 7) is 3.55. The molecule has 0 unspecified atom stereocenters. The topological polar surface area (TPSA) is 66.4 Å². The Bertz CT molecular complexity index is 228. The van der Waals surface area contributed by atoms with E-state index in [1.165, 1.54) is 6.26 Å². The molecule has 4 nitrogen and oxygen atoms in total. The summed E-state index contributed by atoms with van der Waals surface area (Å²) >= 11 is 0. The van der Waals surface area contributed by atoms with Crippen LogP contribution in [-0.4, -0.2) is 25.3 Å². The van der Waals surface area contributed by atoms with Crippen LogP contribution in [0.1, 0.15) is 13.8 Å². The van der Waals surface area contributed by atoms with Crippen molar-refractivity contribution in [1.29, 1.82) is 0 Å². The molecule has 0 aliphatic heterocycles. The molecule has 0 N–H and O–H groups in total. The first-order chi connectivity index (χ1) is 4.92. The van der Waals surface area contributed by atoms with E-state index >= 15 is 0 Å². The summed E-state index contributed by atoms with van der Waals surface area (Å²) in [5, 5.41) is 0. The Balaban J connectivity index is 0. The van der Waals surface area contributed by atoms with E-state index in [0.717, 1.165) is 5.57 Å². The van der Waals surface area contributed by atoms with Crippen molar-refractivity contribution < 1.29 is 36.6 Å². The van der Waals surface area contributed by atoms with Gasteiger partial charge in [0.2, 0.25) is 0 Å². The fourth-order valence-electron chi connectivity index (χ4n) is 0.376. The van der Waals surface area contributed by atoms with Gasteiger partial charge in [0.15, 0.2) is 0 Å². The molecule has 0 fully saturated rings. The molecule has 0 heterocycles. The first-order valence-electron chi connectivity index (χ1n) is 3.10. The summed E-state index contributed by atoms with van der Waals surface area (Å²) in [5.41, 5.74) is 0.924. The molecule has 12 heavy (non-hydrogen) atoms. The summed E-state index contributed by atoms with van der Waals surface area (Å²) < 4.78 is 34.8. The monoisotopic (exact) mass is 186 g/mol. The van der Waals surface area contributed by atoms with Crippen LogP contribution in [0.3, 0.4) is 0 Å². The standard InChI is InChI=1S/C6H12O4S.Li/c1-6(2)5-10-3-4-11(7,8)9;/h5H,3-4H2,1-2H3,(H,7,8,9);/q;+1/p-1. The second-order valence-electron chi connectivity index (χ2n) is 2.33. The Labute approximate surface area is 84.9 Å². The van der Waals surface area contributed by atoms with Crippen LogP contribution in [0.2, 0.25) is 0 Å². The third-order valence-corrected chi connectivity index (χ3v) is 1.44. The van der Waals surface area contributed by atoms with Crippen LogP contribution in [0.15, 0.2) is 11.8 Å². The maximum Gasteiger partial charge on any atom is 1.00 e. The molecule has 0 aromatic rings. The van der Waals surface area contributed by atoms with Gasteiger partial charge >= 0.3 is 18.9 Å². The van der Waals surface area contributed by atoms with Crippen molar-refractivity contribution in [2.75, 3.05) is 12.4 Å². The van der Waals surface area contributed by atoms with Crippen LogP contribution >= 0.6 is 0 Å². The van der Waals surface area contributed by atoms with Gasteiger partial charge in [0, 0.05) is 0 Å². The number of hydrogen-bond donors (Lipinski definition) is 0. The fraction of sp³-hybridized carbons (Fsp3) is 0.667. The number of rotatable bonds is 4. The van der Waals surface area contributed by atoms with E-state index in [2.05, 4.69) is 0 Å². The normalized spacial score (nSPS) is 9.92. The third kappa shape index (κ3) is 12.7. The number of hydrogen-bond acceptors (Lipinski definition) is 4. The Kier molecular flexibility index (Phi) is 7.95. The molecule has 0 spiro atoms. The maximum absolute atomic E-state index is 10.0. The fourth-order valence-corrected chi connectivity index (χ4v) is 0.676. The van der Waals surface area contributed by atoms with Gasteiger partial charge in [0.05, 0.1) is 22.1 Å². The van der Waals surface area contributed by atoms with Crippen molar-refractivity contribution in [3.63, 3.8) is 0 Å². The summed E-state index contributed by atoms with van der Waals surface area (Å²) in [5.74, 6) is -0.475. The Morgan fingerprint density at radius 3 is 2.33 bits per heavy atom. The van der Waals surface area contributed by atoms with E-state index < -0.39 is 15.9 Å². The summed E-state index contributed by atoms with van der Waals surface area (Å²) in [4.78, 5) is 0. The Hall–Kier alpha value is 0.0474. The van der Waals surface area contributed by atoms with Gasteiger partial charge in [0.1, 0.15) is 6.61 Å². The van der Waals surface area contributed by atoms with E-state index in [4.69, 9.17) is 4.74 Å². The zero-order valence-electron chi connectivity index (χ0n) is 7.53. The molecular formula is C6H11LiO4S. The van der Waals surface area contributed by atoms with Crippen LogP contribution < -0.4 is 18.9 Å². The van der Waals surface area contributed by atoms with Crippen LogP contribution in [0.25, 0.3) is 0 Å². The van der Waals surface area contributed by atoms with Crippen molar-refractivity contribution >= 4 is 10.1 Å². The minimum Gasteiger partial charge on any atom is -0.748 e. The molecule has 0 aliphatic carbocycles. The minimum atomic E-state index is -4.13. The summed E-state index contributed by atoms with van der Waals surface area (Å²) in [6.07, 6.45) is 1.42. The zero-order valence-corrected chi connectivity index (χ0v) is 8.35. The molecule has 0 atom stereocenters. The SMILES string of the molecule is CC(C)=COCCS(=O)(=O)[O-].[Li+]. The van der Waals surface area contributed by atoms with E-state index in [-0.39, 0.29) is 25.5 Å². The molecule has 6 heteroatoms. The molecule has 0 amide bonds. The van der Waals surface area contributed by atoms with E-state index in [1.54, 1.807) is 0 Å². The van der Waals surface area contributed by atoms with Crippen molar-refractivity contribution in [1.82, 2.24) is 0 Å².